The van der Waals surface area contributed by atoms with Crippen LogP contribution in [0.5, 0.6) is 0 Å². The number of aromatic nitrogens is 4. The summed E-state index contributed by atoms with van der Waals surface area (Å²) in [6.45, 7) is 1.80. The molecule has 2 aromatic heterocycles. The number of nitrogens with two attached hydrogens (primary N) is 1. The van der Waals surface area contributed by atoms with Crippen molar-refractivity contribution in [3.8, 4) is 0 Å². The lowest BCUT2D eigenvalue weighted by atomic mass is 10.4. The number of rotatable bonds is 5. The van der Waals surface area contributed by atoms with Crippen LogP contribution in [0.25, 0.3) is 0 Å². The normalized spacial score (nSPS) is 10.8. The molecule has 1 amide bonds. The van der Waals surface area contributed by atoms with Gasteiger partial charge in [-0.15, -0.1) is 10.2 Å². The zero-order chi connectivity index (χ0) is 14.7. The van der Waals surface area contributed by atoms with E-state index in [2.05, 4.69) is 15.2 Å². The molecule has 2 N–H and O–H groups in total. The van der Waals surface area contributed by atoms with Crippen molar-refractivity contribution in [2.45, 2.75) is 24.4 Å². The Balaban J connectivity index is 2.13. The van der Waals surface area contributed by atoms with Crippen LogP contribution in [-0.2, 0) is 17.1 Å². The zero-order valence-electron chi connectivity index (χ0n) is 10.5. The molecule has 9 heteroatoms. The number of amides is 1. The van der Waals surface area contributed by atoms with E-state index in [1.807, 2.05) is 0 Å². The van der Waals surface area contributed by atoms with E-state index in [9.17, 15) is 4.79 Å². The number of primary amides is 1. The molecule has 106 valence electrons. The fourth-order valence-corrected chi connectivity index (χ4v) is 2.96. The minimum absolute atomic E-state index is 0.0446. The Morgan fingerprint density at radius 2 is 2.20 bits per heavy atom. The van der Waals surface area contributed by atoms with Crippen LogP contribution in [0.3, 0.4) is 0 Å². The number of carbonyl (C=O) groups is 1. The van der Waals surface area contributed by atoms with Crippen LogP contribution < -0.4 is 5.73 Å². The largest absolute Gasteiger partial charge is 0.368 e. The van der Waals surface area contributed by atoms with Gasteiger partial charge in [0.2, 0.25) is 5.91 Å². The van der Waals surface area contributed by atoms with E-state index in [-0.39, 0.29) is 6.54 Å². The molecule has 2 aromatic rings. The second kappa shape index (κ2) is 6.43. The van der Waals surface area contributed by atoms with Gasteiger partial charge in [-0.25, -0.2) is 0 Å². The molecule has 0 atom stereocenters. The Morgan fingerprint density at radius 3 is 2.85 bits per heavy atom. The number of carbonyl (C=O) groups excluding carboxylic acids is 1. The minimum atomic E-state index is -0.447. The summed E-state index contributed by atoms with van der Waals surface area (Å²) in [5.41, 5.74) is 5.88. The van der Waals surface area contributed by atoms with Gasteiger partial charge in [0.05, 0.1) is 15.7 Å². The van der Waals surface area contributed by atoms with E-state index in [1.54, 1.807) is 17.6 Å². The molecule has 0 aliphatic carbocycles. The predicted molar refractivity (Wildman–Crippen MR) is 77.8 cm³/mol. The van der Waals surface area contributed by atoms with Crippen molar-refractivity contribution >= 4 is 40.9 Å². The fraction of sp³-hybridized carbons (Fsp3) is 0.273. The molecule has 0 unspecified atom stereocenters. The molecule has 0 aliphatic rings. The Morgan fingerprint density at radius 1 is 1.45 bits per heavy atom. The van der Waals surface area contributed by atoms with Crippen LogP contribution >= 0.6 is 35.0 Å². The maximum absolute atomic E-state index is 11.0. The molecule has 2 rings (SSSR count). The van der Waals surface area contributed by atoms with E-state index in [1.165, 1.54) is 18.0 Å². The summed E-state index contributed by atoms with van der Waals surface area (Å²) >= 11 is 13.2. The van der Waals surface area contributed by atoms with Crippen LogP contribution in [-0.4, -0.2) is 25.7 Å². The molecule has 6 nitrogen and oxygen atoms in total. The molecular formula is C11H11Cl2N5OS. The minimum Gasteiger partial charge on any atom is -0.368 e. The lowest BCUT2D eigenvalue weighted by Crippen LogP contribution is -2.20. The third kappa shape index (κ3) is 3.62. The molecule has 0 fully saturated rings. The Bertz CT molecular complexity index is 646. The second-order valence-corrected chi connectivity index (χ2v) is 5.74. The Hall–Kier alpha value is -1.31. The molecule has 0 aliphatic heterocycles. The summed E-state index contributed by atoms with van der Waals surface area (Å²) < 4.78 is 1.65. The third-order valence-electron chi connectivity index (χ3n) is 2.44. The lowest BCUT2D eigenvalue weighted by Gasteiger charge is -2.06. The molecule has 0 spiro atoms. The molecule has 0 bridgehead atoms. The molecule has 0 aromatic carbocycles. The highest BCUT2D eigenvalue weighted by atomic mass is 35.5. The zero-order valence-corrected chi connectivity index (χ0v) is 12.8. The van der Waals surface area contributed by atoms with E-state index in [4.69, 9.17) is 28.9 Å². The number of nitrogens with zero attached hydrogens (tertiary/aromatic N) is 4. The van der Waals surface area contributed by atoms with Crippen LogP contribution in [0, 0.1) is 6.92 Å². The maximum Gasteiger partial charge on any atom is 0.237 e. The van der Waals surface area contributed by atoms with Gasteiger partial charge in [-0.3, -0.25) is 14.3 Å². The number of hydrogen-bond donors (Lipinski definition) is 1. The average Bonchev–Trinajstić information content (AvgIpc) is 2.69. The van der Waals surface area contributed by atoms with Crippen molar-refractivity contribution < 1.29 is 4.79 Å². The topological polar surface area (TPSA) is 86.7 Å². The quantitative estimate of drug-likeness (QED) is 0.847. The number of hydrogen-bond acceptors (Lipinski definition) is 5. The summed E-state index contributed by atoms with van der Waals surface area (Å²) in [7, 11) is 0. The smallest absolute Gasteiger partial charge is 0.237 e. The summed E-state index contributed by atoms with van der Waals surface area (Å²) in [5.74, 6) is 0.672. The molecule has 2 heterocycles. The van der Waals surface area contributed by atoms with E-state index >= 15 is 0 Å². The lowest BCUT2D eigenvalue weighted by molar-refractivity contribution is -0.118. The predicted octanol–water partition coefficient (Wildman–Crippen LogP) is 2.07. The van der Waals surface area contributed by atoms with Crippen molar-refractivity contribution in [3.05, 3.63) is 33.8 Å². The van der Waals surface area contributed by atoms with Crippen molar-refractivity contribution in [1.82, 2.24) is 19.7 Å². The van der Waals surface area contributed by atoms with Crippen LogP contribution in [0.2, 0.25) is 10.0 Å². The number of pyridine rings is 1. The van der Waals surface area contributed by atoms with E-state index in [0.717, 1.165) is 0 Å². The maximum atomic E-state index is 11.0. The van der Waals surface area contributed by atoms with E-state index in [0.29, 0.717) is 32.5 Å². The SMILES string of the molecule is Cc1nnc(SCc2ncc(Cl)cc2Cl)n1CC(N)=O. The van der Waals surface area contributed by atoms with Crippen LogP contribution in [0.15, 0.2) is 17.4 Å². The van der Waals surface area contributed by atoms with Gasteiger partial charge in [-0.1, -0.05) is 35.0 Å². The van der Waals surface area contributed by atoms with Gasteiger partial charge in [0.15, 0.2) is 5.16 Å². The average molecular weight is 332 g/mol. The van der Waals surface area contributed by atoms with Crippen molar-refractivity contribution in [1.29, 1.82) is 0 Å². The van der Waals surface area contributed by atoms with Crippen molar-refractivity contribution in [3.63, 3.8) is 0 Å². The fourth-order valence-electron chi connectivity index (χ4n) is 1.49. The first-order chi connectivity index (χ1) is 9.47. The third-order valence-corrected chi connectivity index (χ3v) is 3.95. The van der Waals surface area contributed by atoms with Gasteiger partial charge in [0, 0.05) is 11.9 Å². The summed E-state index contributed by atoms with van der Waals surface area (Å²) in [4.78, 5) is 15.2. The van der Waals surface area contributed by atoms with Crippen LogP contribution in [0.4, 0.5) is 0 Å². The van der Waals surface area contributed by atoms with Gasteiger partial charge in [-0.2, -0.15) is 0 Å². The molecule has 0 saturated carbocycles. The number of halogens is 2. The summed E-state index contributed by atoms with van der Waals surface area (Å²) in [6.07, 6.45) is 1.53. The Kier molecular flexibility index (Phi) is 4.85. The first kappa shape index (κ1) is 15.1. The first-order valence-electron chi connectivity index (χ1n) is 5.58. The molecule has 0 radical (unpaired) electrons. The first-order valence-corrected chi connectivity index (χ1v) is 7.32. The van der Waals surface area contributed by atoms with Gasteiger partial charge < -0.3 is 5.73 Å². The number of thioether (sulfide) groups is 1. The van der Waals surface area contributed by atoms with Gasteiger partial charge in [-0.05, 0) is 13.0 Å². The second-order valence-electron chi connectivity index (χ2n) is 3.95. The summed E-state index contributed by atoms with van der Waals surface area (Å²) in [6, 6.07) is 1.63. The monoisotopic (exact) mass is 331 g/mol. The molecular weight excluding hydrogens is 321 g/mol. The standard InChI is InChI=1S/C11H11Cl2N5OS/c1-6-16-17-11(18(6)4-10(14)19)20-5-9-8(13)2-7(12)3-15-9/h2-3H,4-5H2,1H3,(H2,14,19). The molecule has 20 heavy (non-hydrogen) atoms. The molecule has 0 saturated heterocycles. The number of aryl methyl sites for hydroxylation is 1. The highest BCUT2D eigenvalue weighted by molar-refractivity contribution is 7.98. The van der Waals surface area contributed by atoms with Gasteiger partial charge in [0.1, 0.15) is 12.4 Å². The van der Waals surface area contributed by atoms with Crippen LogP contribution in [0.1, 0.15) is 11.5 Å². The van der Waals surface area contributed by atoms with Crippen molar-refractivity contribution in [2.24, 2.45) is 5.73 Å². The highest BCUT2D eigenvalue weighted by Crippen LogP contribution is 2.26. The van der Waals surface area contributed by atoms with Gasteiger partial charge in [0.25, 0.3) is 0 Å². The van der Waals surface area contributed by atoms with E-state index < -0.39 is 5.91 Å². The van der Waals surface area contributed by atoms with Crippen molar-refractivity contribution in [2.75, 3.05) is 0 Å². The Labute approximate surface area is 129 Å². The summed E-state index contributed by atoms with van der Waals surface area (Å²) in [5, 5.41) is 9.49. The van der Waals surface area contributed by atoms with Gasteiger partial charge >= 0.3 is 0 Å². The highest BCUT2D eigenvalue weighted by Gasteiger charge is 2.13.